The van der Waals surface area contributed by atoms with Gasteiger partial charge < -0.3 is 4.48 Å². The van der Waals surface area contributed by atoms with Gasteiger partial charge >= 0.3 is 0 Å². The van der Waals surface area contributed by atoms with Crippen LogP contribution in [0.1, 0.15) is 0 Å². The van der Waals surface area contributed by atoms with Gasteiger partial charge in [-0.1, -0.05) is 18.2 Å². The first kappa shape index (κ1) is 13.7. The van der Waals surface area contributed by atoms with Crippen LogP contribution in [0.3, 0.4) is 0 Å². The standard InChI is InChI=1S/C11H16N2O3S/c1-13(2,3)9-11(14)12-17(15,16)10-7-5-4-6-8-10/h4-8H,9H2,1-3H3/p+1. The molecule has 0 bridgehead atoms. The molecule has 1 rings (SSSR count). The van der Waals surface area contributed by atoms with Crippen LogP contribution in [0.2, 0.25) is 0 Å². The van der Waals surface area contributed by atoms with Crippen molar-refractivity contribution in [2.45, 2.75) is 4.90 Å². The van der Waals surface area contributed by atoms with Crippen molar-refractivity contribution in [1.29, 1.82) is 0 Å². The number of rotatable bonds is 4. The van der Waals surface area contributed by atoms with Crippen molar-refractivity contribution in [1.82, 2.24) is 4.72 Å². The van der Waals surface area contributed by atoms with Gasteiger partial charge in [-0.05, 0) is 12.1 Å². The van der Waals surface area contributed by atoms with Crippen LogP contribution in [0.5, 0.6) is 0 Å². The molecule has 1 amide bonds. The molecule has 17 heavy (non-hydrogen) atoms. The lowest BCUT2D eigenvalue weighted by Gasteiger charge is -2.22. The van der Waals surface area contributed by atoms with Crippen LogP contribution in [-0.2, 0) is 14.8 Å². The van der Waals surface area contributed by atoms with Crippen molar-refractivity contribution in [3.05, 3.63) is 30.3 Å². The fourth-order valence-electron chi connectivity index (χ4n) is 1.27. The molecule has 0 heterocycles. The van der Waals surface area contributed by atoms with Crippen molar-refractivity contribution < 1.29 is 17.7 Å². The topological polar surface area (TPSA) is 63.2 Å². The van der Waals surface area contributed by atoms with Crippen LogP contribution in [0.25, 0.3) is 0 Å². The van der Waals surface area contributed by atoms with Crippen molar-refractivity contribution in [3.63, 3.8) is 0 Å². The molecule has 94 valence electrons. The SMILES string of the molecule is C[N+](C)(C)CC(=O)NS(=O)(=O)c1ccccc1. The van der Waals surface area contributed by atoms with E-state index >= 15 is 0 Å². The zero-order valence-electron chi connectivity index (χ0n) is 10.2. The molecule has 1 N–H and O–H groups in total. The second kappa shape index (κ2) is 4.85. The minimum absolute atomic E-state index is 0.0924. The second-order valence-corrected chi connectivity index (χ2v) is 6.47. The molecule has 6 heteroatoms. The van der Waals surface area contributed by atoms with Crippen molar-refractivity contribution in [2.75, 3.05) is 27.7 Å². The molecule has 0 unspecified atom stereocenters. The third-order valence-corrected chi connectivity index (χ3v) is 3.31. The summed E-state index contributed by atoms with van der Waals surface area (Å²) >= 11 is 0. The van der Waals surface area contributed by atoms with E-state index in [2.05, 4.69) is 0 Å². The maximum Gasteiger partial charge on any atom is 0.288 e. The summed E-state index contributed by atoms with van der Waals surface area (Å²) in [6.07, 6.45) is 0. The molecule has 0 saturated carbocycles. The van der Waals surface area contributed by atoms with Crippen LogP contribution in [0.15, 0.2) is 35.2 Å². The van der Waals surface area contributed by atoms with E-state index in [9.17, 15) is 13.2 Å². The molecule has 0 saturated heterocycles. The Bertz CT molecular complexity index is 489. The largest absolute Gasteiger partial charge is 0.323 e. The lowest BCUT2D eigenvalue weighted by molar-refractivity contribution is -0.862. The van der Waals surface area contributed by atoms with Gasteiger partial charge in [0.1, 0.15) is 0 Å². The normalized spacial score (nSPS) is 12.2. The van der Waals surface area contributed by atoms with E-state index < -0.39 is 15.9 Å². The van der Waals surface area contributed by atoms with Crippen LogP contribution in [-0.4, -0.2) is 46.5 Å². The summed E-state index contributed by atoms with van der Waals surface area (Å²) in [6.45, 7) is 0.103. The van der Waals surface area contributed by atoms with E-state index in [1.54, 1.807) is 18.2 Å². The van der Waals surface area contributed by atoms with E-state index in [4.69, 9.17) is 0 Å². The predicted molar refractivity (Wildman–Crippen MR) is 64.7 cm³/mol. The van der Waals surface area contributed by atoms with Gasteiger partial charge in [0, 0.05) is 0 Å². The summed E-state index contributed by atoms with van der Waals surface area (Å²) in [6, 6.07) is 7.83. The first-order chi connectivity index (χ1) is 7.71. The Morgan fingerprint density at radius 3 is 2.18 bits per heavy atom. The molecular formula is C11H17N2O3S+. The maximum absolute atomic E-state index is 11.8. The highest BCUT2D eigenvalue weighted by Gasteiger charge is 2.21. The zero-order valence-corrected chi connectivity index (χ0v) is 11.0. The number of amides is 1. The second-order valence-electron chi connectivity index (χ2n) is 4.79. The van der Waals surface area contributed by atoms with Crippen LogP contribution < -0.4 is 4.72 Å². The first-order valence-corrected chi connectivity index (χ1v) is 6.60. The molecule has 1 aromatic rings. The van der Waals surface area contributed by atoms with Gasteiger partial charge in [0.2, 0.25) is 0 Å². The van der Waals surface area contributed by atoms with Crippen molar-refractivity contribution >= 4 is 15.9 Å². The van der Waals surface area contributed by atoms with Gasteiger partial charge in [0.25, 0.3) is 15.9 Å². The van der Waals surface area contributed by atoms with Crippen molar-refractivity contribution in [3.8, 4) is 0 Å². The van der Waals surface area contributed by atoms with E-state index in [1.165, 1.54) is 12.1 Å². The number of hydrogen-bond donors (Lipinski definition) is 1. The van der Waals surface area contributed by atoms with Gasteiger partial charge in [-0.25, -0.2) is 13.1 Å². The van der Waals surface area contributed by atoms with E-state index in [1.807, 2.05) is 25.9 Å². The Hall–Kier alpha value is -1.40. The number of nitrogens with zero attached hydrogens (tertiary/aromatic N) is 1. The number of benzene rings is 1. The zero-order chi connectivity index (χ0) is 13.1. The number of carbonyl (C=O) groups is 1. The summed E-state index contributed by atoms with van der Waals surface area (Å²) in [5.74, 6) is -0.513. The molecule has 0 aliphatic heterocycles. The molecular weight excluding hydrogens is 240 g/mol. The van der Waals surface area contributed by atoms with Gasteiger partial charge in [0.05, 0.1) is 26.0 Å². The minimum atomic E-state index is -3.74. The maximum atomic E-state index is 11.8. The first-order valence-electron chi connectivity index (χ1n) is 5.12. The number of carbonyl (C=O) groups excluding carboxylic acids is 1. The Labute approximate surface area is 102 Å². The molecule has 0 aliphatic carbocycles. The highest BCUT2D eigenvalue weighted by Crippen LogP contribution is 2.06. The molecule has 0 fully saturated rings. The monoisotopic (exact) mass is 257 g/mol. The fourth-order valence-corrected chi connectivity index (χ4v) is 2.27. The minimum Gasteiger partial charge on any atom is -0.323 e. The molecule has 0 radical (unpaired) electrons. The number of quaternary nitrogens is 1. The van der Waals surface area contributed by atoms with E-state index in [-0.39, 0.29) is 11.4 Å². The highest BCUT2D eigenvalue weighted by atomic mass is 32.2. The molecule has 0 atom stereocenters. The third-order valence-electron chi connectivity index (χ3n) is 1.92. The quantitative estimate of drug-likeness (QED) is 0.784. The summed E-state index contributed by atoms with van der Waals surface area (Å²) in [5.41, 5.74) is 0. The summed E-state index contributed by atoms with van der Waals surface area (Å²) in [7, 11) is 1.70. The van der Waals surface area contributed by atoms with Crippen LogP contribution in [0.4, 0.5) is 0 Å². The molecule has 0 spiro atoms. The van der Waals surface area contributed by atoms with Crippen LogP contribution in [0, 0.1) is 0 Å². The van der Waals surface area contributed by atoms with Gasteiger partial charge in [-0.3, -0.25) is 4.79 Å². The van der Waals surface area contributed by atoms with E-state index in [0.717, 1.165) is 0 Å². The number of likely N-dealkylation sites (N-methyl/N-ethyl adjacent to an activating group) is 1. The Kier molecular flexibility index (Phi) is 3.90. The van der Waals surface area contributed by atoms with Gasteiger partial charge in [-0.2, -0.15) is 0 Å². The summed E-state index contributed by atoms with van der Waals surface area (Å²) in [4.78, 5) is 11.6. The number of sulfonamides is 1. The average molecular weight is 257 g/mol. The number of hydrogen-bond acceptors (Lipinski definition) is 3. The Morgan fingerprint density at radius 2 is 1.71 bits per heavy atom. The predicted octanol–water partition coefficient (Wildman–Crippen LogP) is 0.198. The number of nitrogens with one attached hydrogen (secondary N) is 1. The Balaban J connectivity index is 2.79. The fraction of sp³-hybridized carbons (Fsp3) is 0.364. The van der Waals surface area contributed by atoms with Gasteiger partial charge in [0.15, 0.2) is 6.54 Å². The molecule has 5 nitrogen and oxygen atoms in total. The summed E-state index contributed by atoms with van der Waals surface area (Å²) in [5, 5.41) is 0. The Morgan fingerprint density at radius 1 is 1.18 bits per heavy atom. The molecule has 1 aromatic carbocycles. The van der Waals surface area contributed by atoms with E-state index in [0.29, 0.717) is 4.48 Å². The lowest BCUT2D eigenvalue weighted by atomic mass is 10.4. The van der Waals surface area contributed by atoms with Crippen LogP contribution >= 0.6 is 0 Å². The van der Waals surface area contributed by atoms with Gasteiger partial charge in [-0.15, -0.1) is 0 Å². The smallest absolute Gasteiger partial charge is 0.288 e. The molecule has 0 aromatic heterocycles. The average Bonchev–Trinajstić information content (AvgIpc) is 2.15. The highest BCUT2D eigenvalue weighted by molar-refractivity contribution is 7.90. The molecule has 0 aliphatic rings. The lowest BCUT2D eigenvalue weighted by Crippen LogP contribution is -2.45. The third kappa shape index (κ3) is 4.54. The summed E-state index contributed by atoms with van der Waals surface area (Å²) < 4.78 is 26.0. The van der Waals surface area contributed by atoms with Crippen molar-refractivity contribution in [2.24, 2.45) is 0 Å².